The lowest BCUT2D eigenvalue weighted by atomic mass is 10.0. The van der Waals surface area contributed by atoms with Crippen molar-refractivity contribution in [2.75, 3.05) is 13.7 Å². The predicted octanol–water partition coefficient (Wildman–Crippen LogP) is 1.33. The van der Waals surface area contributed by atoms with E-state index in [0.717, 1.165) is 12.8 Å². The van der Waals surface area contributed by atoms with Crippen molar-refractivity contribution in [1.29, 1.82) is 0 Å². The van der Waals surface area contributed by atoms with Crippen LogP contribution >= 0.6 is 0 Å². The number of rotatable bonds is 9. The van der Waals surface area contributed by atoms with E-state index >= 15 is 0 Å². The second kappa shape index (κ2) is 10.9. The first-order chi connectivity index (χ1) is 12.8. The quantitative estimate of drug-likeness (QED) is 0.379. The van der Waals surface area contributed by atoms with Crippen molar-refractivity contribution in [2.24, 2.45) is 11.7 Å². The zero-order chi connectivity index (χ0) is 20.4. The van der Waals surface area contributed by atoms with Crippen LogP contribution in [-0.4, -0.2) is 37.6 Å². The summed E-state index contributed by atoms with van der Waals surface area (Å²) in [5.41, 5.74) is 9.92. The first kappa shape index (κ1) is 22.1. The molecule has 0 heterocycles. The lowest BCUT2D eigenvalue weighted by molar-refractivity contribution is -0.124. The number of ether oxygens (including phenoxy) is 2. The van der Waals surface area contributed by atoms with E-state index < -0.39 is 23.9 Å². The number of hydrogen-bond acceptors (Lipinski definition) is 5. The lowest BCUT2D eigenvalue weighted by Crippen LogP contribution is -2.55. The van der Waals surface area contributed by atoms with E-state index in [2.05, 4.69) is 23.1 Å². The van der Waals surface area contributed by atoms with Gasteiger partial charge >= 0.3 is 6.03 Å². The van der Waals surface area contributed by atoms with Gasteiger partial charge in [0.15, 0.2) is 11.5 Å². The number of nitrogens with two attached hydrogens (primary N) is 1. The van der Waals surface area contributed by atoms with Gasteiger partial charge in [0.1, 0.15) is 6.04 Å². The van der Waals surface area contributed by atoms with Crippen LogP contribution in [0.3, 0.4) is 0 Å². The van der Waals surface area contributed by atoms with Gasteiger partial charge in [-0.15, -0.1) is 0 Å². The standard InChI is InChI=1S/C18H28N4O5/c1-5-6-9-27-13-8-7-12(10-14(13)26-4)16(23)21-22-17(24)15(11(2)3)20-18(19)25/h7-8,10-11,15H,5-6,9H2,1-4H3,(H,21,23)(H,22,24)(H3,19,20,25)/t15-/m0/s1. The van der Waals surface area contributed by atoms with Gasteiger partial charge in [-0.1, -0.05) is 27.2 Å². The van der Waals surface area contributed by atoms with Gasteiger partial charge in [0, 0.05) is 5.56 Å². The number of hydrogen-bond donors (Lipinski definition) is 4. The largest absolute Gasteiger partial charge is 0.493 e. The zero-order valence-corrected chi connectivity index (χ0v) is 16.1. The van der Waals surface area contributed by atoms with Gasteiger partial charge in [-0.3, -0.25) is 20.4 Å². The van der Waals surface area contributed by atoms with Crippen LogP contribution in [0.1, 0.15) is 44.0 Å². The van der Waals surface area contributed by atoms with Crippen LogP contribution in [0.4, 0.5) is 4.79 Å². The number of urea groups is 1. The van der Waals surface area contributed by atoms with Gasteiger partial charge in [-0.2, -0.15) is 0 Å². The Morgan fingerprint density at radius 1 is 1.15 bits per heavy atom. The molecule has 0 saturated carbocycles. The Kier molecular flexibility index (Phi) is 8.91. The molecule has 0 aliphatic rings. The highest BCUT2D eigenvalue weighted by atomic mass is 16.5. The Balaban J connectivity index is 2.73. The molecule has 0 saturated heterocycles. The number of unbranched alkanes of at least 4 members (excludes halogenated alkanes) is 1. The monoisotopic (exact) mass is 380 g/mol. The van der Waals surface area contributed by atoms with Crippen LogP contribution in [0.2, 0.25) is 0 Å². The van der Waals surface area contributed by atoms with E-state index in [1.807, 2.05) is 0 Å². The maximum absolute atomic E-state index is 12.3. The minimum atomic E-state index is -0.869. The summed E-state index contributed by atoms with van der Waals surface area (Å²) in [6.07, 6.45) is 1.91. The maximum Gasteiger partial charge on any atom is 0.312 e. The highest BCUT2D eigenvalue weighted by molar-refractivity contribution is 5.96. The molecule has 1 rings (SSSR count). The summed E-state index contributed by atoms with van der Waals surface area (Å²) in [7, 11) is 1.48. The summed E-state index contributed by atoms with van der Waals surface area (Å²) < 4.78 is 10.9. The number of carbonyl (C=O) groups excluding carboxylic acids is 3. The van der Waals surface area contributed by atoms with E-state index in [9.17, 15) is 14.4 Å². The number of benzene rings is 1. The molecule has 0 aliphatic carbocycles. The molecule has 5 N–H and O–H groups in total. The molecule has 0 bridgehead atoms. The van der Waals surface area contributed by atoms with Crippen LogP contribution in [0.15, 0.2) is 18.2 Å². The Morgan fingerprint density at radius 2 is 1.85 bits per heavy atom. The van der Waals surface area contributed by atoms with Crippen molar-refractivity contribution >= 4 is 17.8 Å². The molecule has 4 amide bonds. The highest BCUT2D eigenvalue weighted by Crippen LogP contribution is 2.28. The van der Waals surface area contributed by atoms with Crippen molar-refractivity contribution in [3.8, 4) is 11.5 Å². The van der Waals surface area contributed by atoms with Crippen LogP contribution in [-0.2, 0) is 4.79 Å². The zero-order valence-electron chi connectivity index (χ0n) is 16.1. The second-order valence-corrected chi connectivity index (χ2v) is 6.24. The molecule has 9 heteroatoms. The summed E-state index contributed by atoms with van der Waals surface area (Å²) in [6, 6.07) is 3.03. The summed E-state index contributed by atoms with van der Waals surface area (Å²) >= 11 is 0. The molecule has 1 aromatic rings. The van der Waals surface area contributed by atoms with Crippen molar-refractivity contribution in [1.82, 2.24) is 16.2 Å². The molecule has 1 aromatic carbocycles. The fourth-order valence-corrected chi connectivity index (χ4v) is 2.21. The molecular weight excluding hydrogens is 352 g/mol. The SMILES string of the molecule is CCCCOc1ccc(C(=O)NNC(=O)[C@@H](NC(N)=O)C(C)C)cc1OC. The molecular formula is C18H28N4O5. The lowest BCUT2D eigenvalue weighted by Gasteiger charge is -2.20. The van der Waals surface area contributed by atoms with E-state index in [0.29, 0.717) is 18.1 Å². The molecule has 0 radical (unpaired) electrons. The average molecular weight is 380 g/mol. The number of primary amides is 1. The highest BCUT2D eigenvalue weighted by Gasteiger charge is 2.24. The molecule has 0 aliphatic heterocycles. The number of amides is 4. The maximum atomic E-state index is 12.3. The van der Waals surface area contributed by atoms with Gasteiger partial charge in [0.2, 0.25) is 0 Å². The fraction of sp³-hybridized carbons (Fsp3) is 0.500. The average Bonchev–Trinajstić information content (AvgIpc) is 2.63. The van der Waals surface area contributed by atoms with E-state index in [1.54, 1.807) is 26.0 Å². The van der Waals surface area contributed by atoms with Crippen LogP contribution < -0.4 is 31.4 Å². The van der Waals surface area contributed by atoms with Crippen molar-refractivity contribution in [2.45, 2.75) is 39.7 Å². The molecule has 27 heavy (non-hydrogen) atoms. The molecule has 150 valence electrons. The molecule has 1 atom stereocenters. The molecule has 0 spiro atoms. The van der Waals surface area contributed by atoms with Gasteiger partial charge in [-0.05, 0) is 30.5 Å². The molecule has 0 aromatic heterocycles. The molecule has 9 nitrogen and oxygen atoms in total. The number of nitrogens with one attached hydrogen (secondary N) is 3. The topological polar surface area (TPSA) is 132 Å². The Bertz CT molecular complexity index is 663. The van der Waals surface area contributed by atoms with E-state index in [-0.39, 0.29) is 11.5 Å². The summed E-state index contributed by atoms with van der Waals surface area (Å²) in [4.78, 5) is 35.4. The number of hydrazine groups is 1. The van der Waals surface area contributed by atoms with Crippen LogP contribution in [0.5, 0.6) is 11.5 Å². The normalized spacial score (nSPS) is 11.4. The third kappa shape index (κ3) is 7.04. The first-order valence-corrected chi connectivity index (χ1v) is 8.77. The smallest absolute Gasteiger partial charge is 0.312 e. The number of carbonyl (C=O) groups is 3. The van der Waals surface area contributed by atoms with Gasteiger partial charge in [-0.25, -0.2) is 4.79 Å². The van der Waals surface area contributed by atoms with Gasteiger partial charge < -0.3 is 20.5 Å². The third-order valence-electron chi connectivity index (χ3n) is 3.73. The Labute approximate surface area is 158 Å². The van der Waals surface area contributed by atoms with E-state index in [1.165, 1.54) is 13.2 Å². The Hall–Kier alpha value is -2.97. The van der Waals surface area contributed by atoms with Gasteiger partial charge in [0.25, 0.3) is 11.8 Å². The fourth-order valence-electron chi connectivity index (χ4n) is 2.21. The first-order valence-electron chi connectivity index (χ1n) is 8.77. The molecule has 0 fully saturated rings. The van der Waals surface area contributed by atoms with Crippen molar-refractivity contribution in [3.63, 3.8) is 0 Å². The number of methoxy groups -OCH3 is 1. The van der Waals surface area contributed by atoms with Gasteiger partial charge in [0.05, 0.1) is 13.7 Å². The summed E-state index contributed by atoms with van der Waals surface area (Å²) in [6.45, 7) is 6.09. The van der Waals surface area contributed by atoms with Crippen LogP contribution in [0, 0.1) is 5.92 Å². The third-order valence-corrected chi connectivity index (χ3v) is 3.73. The summed E-state index contributed by atoms with van der Waals surface area (Å²) in [5, 5.41) is 2.33. The van der Waals surface area contributed by atoms with Crippen molar-refractivity contribution < 1.29 is 23.9 Å². The van der Waals surface area contributed by atoms with Crippen LogP contribution in [0.25, 0.3) is 0 Å². The molecule has 0 unspecified atom stereocenters. The minimum absolute atomic E-state index is 0.214. The van der Waals surface area contributed by atoms with E-state index in [4.69, 9.17) is 15.2 Å². The van der Waals surface area contributed by atoms with Crippen molar-refractivity contribution in [3.05, 3.63) is 23.8 Å². The predicted molar refractivity (Wildman–Crippen MR) is 100 cm³/mol. The second-order valence-electron chi connectivity index (χ2n) is 6.24. The minimum Gasteiger partial charge on any atom is -0.493 e. The summed E-state index contributed by atoms with van der Waals surface area (Å²) in [5.74, 6) is -0.376. The Morgan fingerprint density at radius 3 is 2.41 bits per heavy atom.